The lowest BCUT2D eigenvalue weighted by Gasteiger charge is -2.33. The van der Waals surface area contributed by atoms with E-state index in [4.69, 9.17) is 4.74 Å². The zero-order valence-electron chi connectivity index (χ0n) is 22.7. The van der Waals surface area contributed by atoms with Crippen LogP contribution in [-0.4, -0.2) is 60.0 Å². The quantitative estimate of drug-likeness (QED) is 0.318. The van der Waals surface area contributed by atoms with Gasteiger partial charge in [-0.15, -0.1) is 5.54 Å². The highest BCUT2D eigenvalue weighted by Gasteiger charge is 2.27. The normalized spacial score (nSPS) is 14.9. The molecule has 2 heterocycles. The number of aromatic nitrogens is 2. The van der Waals surface area contributed by atoms with Gasteiger partial charge in [0, 0.05) is 18.5 Å². The molecular formula is C27H41N3O4Si. The summed E-state index contributed by atoms with van der Waals surface area (Å²) in [6.07, 6.45) is 1.68. The van der Waals surface area contributed by atoms with Gasteiger partial charge in [-0.1, -0.05) is 31.6 Å². The van der Waals surface area contributed by atoms with E-state index >= 15 is 0 Å². The SMILES string of the molecule is CC(C)(C)OC(=O)N1CCC(c2ccc3n[nH]c(C#C[Si](C)(C)C)c3c2)CC1.CC(C)(C)OC=O. The first-order chi connectivity index (χ1) is 16.1. The van der Waals surface area contributed by atoms with Crippen LogP contribution in [0.2, 0.25) is 19.6 Å². The standard InChI is InChI=1S/C22H31N3O2Si.C5H10O2/c1-22(2,3)27-21(26)25-12-9-16(10-13-25)17-7-8-19-18(15-17)20(24-23-19)11-14-28(4,5)6;1-5(2,3)7-4-6/h7-8,15-16H,9-10,12-13H2,1-6H3,(H,23,24);4H,1-3H3. The largest absolute Gasteiger partial charge is 0.462 e. The van der Waals surface area contributed by atoms with E-state index in [9.17, 15) is 9.59 Å². The number of hydrogen-bond donors (Lipinski definition) is 1. The fourth-order valence-electron chi connectivity index (χ4n) is 3.49. The van der Waals surface area contributed by atoms with Crippen LogP contribution < -0.4 is 0 Å². The molecule has 1 saturated heterocycles. The van der Waals surface area contributed by atoms with Crippen LogP contribution in [-0.2, 0) is 14.3 Å². The van der Waals surface area contributed by atoms with Gasteiger partial charge in [0.25, 0.3) is 6.47 Å². The van der Waals surface area contributed by atoms with Crippen molar-refractivity contribution < 1.29 is 19.1 Å². The Labute approximate surface area is 210 Å². The number of fused-ring (bicyclic) bond motifs is 1. The summed E-state index contributed by atoms with van der Waals surface area (Å²) in [5.41, 5.74) is 5.80. The van der Waals surface area contributed by atoms with Crippen LogP contribution in [0, 0.1) is 11.5 Å². The van der Waals surface area contributed by atoms with Gasteiger partial charge in [0.2, 0.25) is 0 Å². The van der Waals surface area contributed by atoms with Crippen molar-refractivity contribution in [2.24, 2.45) is 0 Å². The molecule has 1 aromatic heterocycles. The molecule has 1 N–H and O–H groups in total. The van der Waals surface area contributed by atoms with E-state index in [2.05, 4.69) is 64.2 Å². The highest BCUT2D eigenvalue weighted by atomic mass is 28.3. The van der Waals surface area contributed by atoms with Gasteiger partial charge in [-0.05, 0) is 78.0 Å². The van der Waals surface area contributed by atoms with Crippen LogP contribution in [0.5, 0.6) is 0 Å². The first-order valence-electron chi connectivity index (χ1n) is 12.2. The third-order valence-electron chi connectivity index (χ3n) is 5.16. The Bertz CT molecular complexity index is 1070. The Balaban J connectivity index is 0.000000540. The van der Waals surface area contributed by atoms with Crippen molar-refractivity contribution in [3.05, 3.63) is 29.5 Å². The number of amides is 1. The molecule has 0 saturated carbocycles. The first-order valence-corrected chi connectivity index (χ1v) is 15.7. The van der Waals surface area contributed by atoms with E-state index in [1.54, 1.807) is 0 Å². The highest BCUT2D eigenvalue weighted by molar-refractivity contribution is 6.83. The lowest BCUT2D eigenvalue weighted by molar-refractivity contribution is -0.138. The second-order valence-corrected chi connectivity index (χ2v) is 16.7. The molecule has 1 amide bonds. The molecule has 0 atom stereocenters. The monoisotopic (exact) mass is 499 g/mol. The number of ether oxygens (including phenoxy) is 2. The maximum Gasteiger partial charge on any atom is 0.410 e. The number of piperidine rings is 1. The molecule has 0 unspecified atom stereocenters. The van der Waals surface area contributed by atoms with E-state index in [0.29, 0.717) is 12.4 Å². The average Bonchev–Trinajstić information content (AvgIpc) is 3.12. The summed E-state index contributed by atoms with van der Waals surface area (Å²) in [5, 5.41) is 8.58. The number of nitrogens with zero attached hydrogens (tertiary/aromatic N) is 2. The summed E-state index contributed by atoms with van der Waals surface area (Å²) in [7, 11) is -1.44. The minimum Gasteiger partial charge on any atom is -0.462 e. The van der Waals surface area contributed by atoms with Crippen LogP contribution in [0.4, 0.5) is 4.79 Å². The number of aromatic amines is 1. The van der Waals surface area contributed by atoms with Crippen molar-refractivity contribution in [2.45, 2.75) is 91.1 Å². The van der Waals surface area contributed by atoms with Gasteiger partial charge < -0.3 is 14.4 Å². The maximum atomic E-state index is 12.3. The van der Waals surface area contributed by atoms with Crippen LogP contribution in [0.1, 0.15) is 71.6 Å². The van der Waals surface area contributed by atoms with Crippen LogP contribution in [0.3, 0.4) is 0 Å². The number of H-pyrrole nitrogens is 1. The van der Waals surface area contributed by atoms with Gasteiger partial charge in [-0.2, -0.15) is 5.10 Å². The Morgan fingerprint density at radius 3 is 2.23 bits per heavy atom. The third-order valence-corrected chi connectivity index (χ3v) is 6.04. The number of benzene rings is 1. The van der Waals surface area contributed by atoms with Gasteiger partial charge in [0.15, 0.2) is 0 Å². The van der Waals surface area contributed by atoms with E-state index in [0.717, 1.165) is 42.5 Å². The zero-order valence-corrected chi connectivity index (χ0v) is 23.7. The Kier molecular flexibility index (Phi) is 9.18. The van der Waals surface area contributed by atoms with Crippen molar-refractivity contribution >= 4 is 31.5 Å². The van der Waals surface area contributed by atoms with E-state index in [-0.39, 0.29) is 11.7 Å². The lowest BCUT2D eigenvalue weighted by Crippen LogP contribution is -2.41. The summed E-state index contributed by atoms with van der Waals surface area (Å²) >= 11 is 0. The molecule has 0 radical (unpaired) electrons. The topological polar surface area (TPSA) is 84.5 Å². The van der Waals surface area contributed by atoms with Crippen molar-refractivity contribution in [1.82, 2.24) is 15.1 Å². The average molecular weight is 500 g/mol. The lowest BCUT2D eigenvalue weighted by atomic mass is 9.89. The van der Waals surface area contributed by atoms with Crippen molar-refractivity contribution in [3.63, 3.8) is 0 Å². The number of nitrogens with one attached hydrogen (secondary N) is 1. The Morgan fingerprint density at radius 1 is 1.11 bits per heavy atom. The Hall–Kier alpha value is -2.79. The summed E-state index contributed by atoms with van der Waals surface area (Å²) < 4.78 is 10.0. The number of likely N-dealkylation sites (tertiary alicyclic amines) is 1. The predicted molar refractivity (Wildman–Crippen MR) is 143 cm³/mol. The van der Waals surface area contributed by atoms with E-state index in [1.165, 1.54) is 5.56 Å². The molecule has 0 aliphatic carbocycles. The zero-order chi connectivity index (χ0) is 26.4. The van der Waals surface area contributed by atoms with Crippen LogP contribution in [0.15, 0.2) is 18.2 Å². The summed E-state index contributed by atoms with van der Waals surface area (Å²) in [4.78, 5) is 23.7. The van der Waals surface area contributed by atoms with Crippen molar-refractivity contribution in [3.8, 4) is 11.5 Å². The molecule has 8 heteroatoms. The molecule has 3 rings (SSSR count). The summed E-state index contributed by atoms with van der Waals surface area (Å²) in [6, 6.07) is 6.45. The van der Waals surface area contributed by atoms with Crippen molar-refractivity contribution in [2.75, 3.05) is 13.1 Å². The smallest absolute Gasteiger partial charge is 0.410 e. The number of hydrogen-bond acceptors (Lipinski definition) is 5. The second kappa shape index (κ2) is 11.3. The van der Waals surface area contributed by atoms with Gasteiger partial charge in [0.1, 0.15) is 25.0 Å². The van der Waals surface area contributed by atoms with E-state index < -0.39 is 13.7 Å². The Morgan fingerprint density at radius 2 is 1.74 bits per heavy atom. The van der Waals surface area contributed by atoms with Crippen molar-refractivity contribution in [1.29, 1.82) is 0 Å². The van der Waals surface area contributed by atoms with Crippen LogP contribution >= 0.6 is 0 Å². The molecule has 1 aliphatic rings. The first kappa shape index (κ1) is 28.4. The molecule has 35 heavy (non-hydrogen) atoms. The fraction of sp³-hybridized carbons (Fsp3) is 0.593. The van der Waals surface area contributed by atoms with Gasteiger partial charge in [-0.25, -0.2) is 4.79 Å². The molecule has 0 bridgehead atoms. The summed E-state index contributed by atoms with van der Waals surface area (Å²) in [5.74, 6) is 3.75. The molecule has 1 aliphatic heterocycles. The molecule has 2 aromatic rings. The number of rotatable bonds is 2. The maximum absolute atomic E-state index is 12.3. The van der Waals surface area contributed by atoms with Gasteiger partial charge in [-0.3, -0.25) is 9.89 Å². The minimum atomic E-state index is -1.44. The molecule has 1 fully saturated rings. The van der Waals surface area contributed by atoms with Crippen LogP contribution in [0.25, 0.3) is 10.9 Å². The number of carbonyl (C=O) groups excluding carboxylic acids is 2. The highest BCUT2D eigenvalue weighted by Crippen LogP contribution is 2.31. The fourth-order valence-corrected chi connectivity index (χ4v) is 3.99. The number of carbonyl (C=O) groups is 2. The predicted octanol–water partition coefficient (Wildman–Crippen LogP) is 5.86. The molecular weight excluding hydrogens is 458 g/mol. The third kappa shape index (κ3) is 9.77. The van der Waals surface area contributed by atoms with Gasteiger partial charge >= 0.3 is 6.09 Å². The molecule has 0 spiro atoms. The second-order valence-electron chi connectivity index (χ2n) is 11.9. The molecule has 1 aromatic carbocycles. The minimum absolute atomic E-state index is 0.208. The van der Waals surface area contributed by atoms with Gasteiger partial charge in [0.05, 0.1) is 5.52 Å². The molecule has 7 nitrogen and oxygen atoms in total. The molecule has 192 valence electrons. The van der Waals surface area contributed by atoms with E-state index in [1.807, 2.05) is 46.4 Å². The summed E-state index contributed by atoms with van der Waals surface area (Å²) in [6.45, 7) is 19.8.